The van der Waals surface area contributed by atoms with E-state index in [1.807, 2.05) is 0 Å². The maximum absolute atomic E-state index is 4.26. The Labute approximate surface area is 101 Å². The number of rotatable bonds is 2. The molecular weight excluding hydrogens is 192 g/mol. The van der Waals surface area contributed by atoms with Crippen LogP contribution in [0, 0.1) is 5.41 Å². The molecule has 0 spiro atoms. The second-order valence-electron chi connectivity index (χ2n) is 6.09. The van der Waals surface area contributed by atoms with E-state index in [1.165, 1.54) is 36.0 Å². The zero-order valence-corrected chi connectivity index (χ0v) is 11.8. The summed E-state index contributed by atoms with van der Waals surface area (Å²) in [5.41, 5.74) is 7.48. The molecule has 0 saturated heterocycles. The van der Waals surface area contributed by atoms with Gasteiger partial charge >= 0.3 is 0 Å². The molecule has 0 aromatic rings. The van der Waals surface area contributed by atoms with Crippen LogP contribution in [0.5, 0.6) is 0 Å². The molecule has 0 unspecified atom stereocenters. The van der Waals surface area contributed by atoms with Gasteiger partial charge in [0.15, 0.2) is 0 Å². The van der Waals surface area contributed by atoms with Gasteiger partial charge in [-0.3, -0.25) is 0 Å². The average molecular weight is 218 g/mol. The molecule has 1 rings (SSSR count). The van der Waals surface area contributed by atoms with Gasteiger partial charge in [0.25, 0.3) is 0 Å². The lowest BCUT2D eigenvalue weighted by atomic mass is 9.81. The van der Waals surface area contributed by atoms with Gasteiger partial charge in [0.2, 0.25) is 0 Å². The first-order valence-electron chi connectivity index (χ1n) is 6.31. The monoisotopic (exact) mass is 218 g/mol. The Morgan fingerprint density at radius 1 is 1.12 bits per heavy atom. The maximum atomic E-state index is 4.26. The van der Waals surface area contributed by atoms with Crippen molar-refractivity contribution in [2.24, 2.45) is 5.41 Å². The van der Waals surface area contributed by atoms with E-state index < -0.39 is 0 Å². The number of allylic oxidation sites excluding steroid dienone is 5. The highest BCUT2D eigenvalue weighted by atomic mass is 14.3. The fourth-order valence-electron chi connectivity index (χ4n) is 2.42. The van der Waals surface area contributed by atoms with Crippen molar-refractivity contribution >= 4 is 0 Å². The van der Waals surface area contributed by atoms with Gasteiger partial charge < -0.3 is 0 Å². The van der Waals surface area contributed by atoms with Crippen LogP contribution in [0.2, 0.25) is 0 Å². The fraction of sp³-hybridized carbons (Fsp3) is 0.625. The van der Waals surface area contributed by atoms with Crippen molar-refractivity contribution in [1.82, 2.24) is 0 Å². The lowest BCUT2D eigenvalue weighted by Gasteiger charge is -2.24. The molecule has 0 heteroatoms. The van der Waals surface area contributed by atoms with Gasteiger partial charge in [0.1, 0.15) is 0 Å². The maximum Gasteiger partial charge on any atom is -0.0135 e. The number of hydrogen-bond acceptors (Lipinski definition) is 0. The van der Waals surface area contributed by atoms with E-state index in [0.29, 0.717) is 0 Å². The van der Waals surface area contributed by atoms with E-state index in [2.05, 4.69) is 48.1 Å². The Kier molecular flexibility index (Phi) is 3.83. The second kappa shape index (κ2) is 4.61. The summed E-state index contributed by atoms with van der Waals surface area (Å²) in [4.78, 5) is 0. The largest absolute Gasteiger partial charge is 0.0950 e. The van der Waals surface area contributed by atoms with E-state index in [0.717, 1.165) is 0 Å². The summed E-state index contributed by atoms with van der Waals surface area (Å²) in [5.74, 6) is 0. The third-order valence-corrected chi connectivity index (χ3v) is 3.87. The molecule has 0 radical (unpaired) electrons. The molecule has 1 aliphatic rings. The van der Waals surface area contributed by atoms with E-state index in [1.54, 1.807) is 11.1 Å². The van der Waals surface area contributed by atoms with Crippen molar-refractivity contribution in [3.8, 4) is 0 Å². The molecule has 0 aromatic carbocycles. The Balaban J connectivity index is 3.06. The van der Waals surface area contributed by atoms with Crippen LogP contribution in [0.4, 0.5) is 0 Å². The predicted molar refractivity (Wildman–Crippen MR) is 73.5 cm³/mol. The van der Waals surface area contributed by atoms with Crippen molar-refractivity contribution in [3.05, 3.63) is 34.4 Å². The minimum absolute atomic E-state index is 0.179. The molecule has 0 atom stereocenters. The summed E-state index contributed by atoms with van der Waals surface area (Å²) >= 11 is 0. The minimum atomic E-state index is 0.179. The molecule has 0 heterocycles. The van der Waals surface area contributed by atoms with Crippen LogP contribution in [0.1, 0.15) is 60.8 Å². The highest BCUT2D eigenvalue weighted by Crippen LogP contribution is 2.37. The van der Waals surface area contributed by atoms with Crippen LogP contribution in [0.15, 0.2) is 34.4 Å². The molecule has 90 valence electrons. The van der Waals surface area contributed by atoms with Crippen LogP contribution < -0.4 is 0 Å². The fourth-order valence-corrected chi connectivity index (χ4v) is 2.42. The van der Waals surface area contributed by atoms with Crippen LogP contribution >= 0.6 is 0 Å². The van der Waals surface area contributed by atoms with Gasteiger partial charge in [0.05, 0.1) is 0 Å². The van der Waals surface area contributed by atoms with Crippen LogP contribution in [0.3, 0.4) is 0 Å². The molecule has 16 heavy (non-hydrogen) atoms. The van der Waals surface area contributed by atoms with E-state index in [9.17, 15) is 0 Å². The Hall–Kier alpha value is -0.780. The molecule has 1 aliphatic carbocycles. The van der Waals surface area contributed by atoms with Gasteiger partial charge in [-0.25, -0.2) is 0 Å². The first-order chi connectivity index (χ1) is 7.25. The highest BCUT2D eigenvalue weighted by molar-refractivity contribution is 5.46. The standard InChI is InChI=1S/C16H26/c1-11-9-8-10-15(11)13(3)12(2)14(4)16(5,6)7/h4,8-10H2,1-3,5-7H3/b13-12-. The van der Waals surface area contributed by atoms with Crippen molar-refractivity contribution in [3.63, 3.8) is 0 Å². The van der Waals surface area contributed by atoms with Gasteiger partial charge in [-0.05, 0) is 67.7 Å². The summed E-state index contributed by atoms with van der Waals surface area (Å²) < 4.78 is 0. The van der Waals surface area contributed by atoms with Crippen LogP contribution in [-0.4, -0.2) is 0 Å². The van der Waals surface area contributed by atoms with Crippen molar-refractivity contribution < 1.29 is 0 Å². The number of hydrogen-bond donors (Lipinski definition) is 0. The topological polar surface area (TPSA) is 0 Å². The van der Waals surface area contributed by atoms with Gasteiger partial charge in [-0.2, -0.15) is 0 Å². The molecule has 0 amide bonds. The minimum Gasteiger partial charge on any atom is -0.0950 e. The van der Waals surface area contributed by atoms with Crippen molar-refractivity contribution in [1.29, 1.82) is 0 Å². The lowest BCUT2D eigenvalue weighted by molar-refractivity contribution is 0.511. The Morgan fingerprint density at radius 2 is 1.69 bits per heavy atom. The van der Waals surface area contributed by atoms with Gasteiger partial charge in [0, 0.05) is 0 Å². The summed E-state index contributed by atoms with van der Waals surface area (Å²) in [6, 6.07) is 0. The third kappa shape index (κ3) is 2.66. The molecular formula is C16H26. The molecule has 0 aliphatic heterocycles. The normalized spacial score (nSPS) is 18.9. The molecule has 0 aromatic heterocycles. The first kappa shape index (κ1) is 13.3. The molecule has 0 bridgehead atoms. The van der Waals surface area contributed by atoms with Gasteiger partial charge in [-0.1, -0.05) is 32.9 Å². The second-order valence-corrected chi connectivity index (χ2v) is 6.09. The SMILES string of the molecule is C=C(/C(C)=C(/C)C1=C(C)CCC1)C(C)(C)C. The molecule has 0 saturated carbocycles. The third-order valence-electron chi connectivity index (χ3n) is 3.87. The lowest BCUT2D eigenvalue weighted by Crippen LogP contribution is -2.10. The van der Waals surface area contributed by atoms with E-state index in [-0.39, 0.29) is 5.41 Å². The van der Waals surface area contributed by atoms with E-state index in [4.69, 9.17) is 0 Å². The van der Waals surface area contributed by atoms with Crippen LogP contribution in [-0.2, 0) is 0 Å². The molecule has 0 N–H and O–H groups in total. The molecule has 0 nitrogen and oxygen atoms in total. The highest BCUT2D eigenvalue weighted by Gasteiger charge is 2.20. The van der Waals surface area contributed by atoms with E-state index >= 15 is 0 Å². The van der Waals surface area contributed by atoms with Crippen LogP contribution in [0.25, 0.3) is 0 Å². The summed E-state index contributed by atoms with van der Waals surface area (Å²) in [6.45, 7) is 17.7. The molecule has 0 fully saturated rings. The zero-order valence-electron chi connectivity index (χ0n) is 11.8. The average Bonchev–Trinajstić information content (AvgIpc) is 2.59. The Morgan fingerprint density at radius 3 is 2.06 bits per heavy atom. The summed E-state index contributed by atoms with van der Waals surface area (Å²) in [7, 11) is 0. The quantitative estimate of drug-likeness (QED) is 0.542. The Bertz CT molecular complexity index is 356. The zero-order chi connectivity index (χ0) is 12.5. The smallest absolute Gasteiger partial charge is 0.0135 e. The summed E-state index contributed by atoms with van der Waals surface area (Å²) in [5, 5.41) is 0. The predicted octanol–water partition coefficient (Wildman–Crippen LogP) is 5.43. The summed E-state index contributed by atoms with van der Waals surface area (Å²) in [6.07, 6.45) is 3.86. The van der Waals surface area contributed by atoms with Crippen molar-refractivity contribution in [2.75, 3.05) is 0 Å². The van der Waals surface area contributed by atoms with Gasteiger partial charge in [-0.15, -0.1) is 0 Å². The van der Waals surface area contributed by atoms with Crippen molar-refractivity contribution in [2.45, 2.75) is 60.8 Å². The first-order valence-corrected chi connectivity index (χ1v) is 6.31.